The van der Waals surface area contributed by atoms with Crippen LogP contribution in [0.5, 0.6) is 0 Å². The molecule has 1 N–H and O–H groups in total. The fourth-order valence-corrected chi connectivity index (χ4v) is 2.09. The van der Waals surface area contributed by atoms with E-state index in [0.29, 0.717) is 30.2 Å². The molecule has 2 aromatic rings. The van der Waals surface area contributed by atoms with Gasteiger partial charge in [0.25, 0.3) is 0 Å². The molecular formula is C15H19N3O2. The van der Waals surface area contributed by atoms with Crippen molar-refractivity contribution in [3.05, 3.63) is 47.2 Å². The van der Waals surface area contributed by atoms with Crippen molar-refractivity contribution in [3.63, 3.8) is 0 Å². The molecule has 0 aliphatic heterocycles. The SMILES string of the molecule is CCOC(=O)c1c(C)nn(C)c1NCc1ccccc1. The van der Waals surface area contributed by atoms with Gasteiger partial charge in [-0.05, 0) is 19.4 Å². The molecule has 0 amide bonds. The van der Waals surface area contributed by atoms with Crippen LogP contribution in [0.25, 0.3) is 0 Å². The van der Waals surface area contributed by atoms with Crippen molar-refractivity contribution in [2.24, 2.45) is 7.05 Å². The number of carbonyl (C=O) groups excluding carboxylic acids is 1. The first-order valence-electron chi connectivity index (χ1n) is 6.62. The summed E-state index contributed by atoms with van der Waals surface area (Å²) < 4.78 is 6.75. The summed E-state index contributed by atoms with van der Waals surface area (Å²) in [4.78, 5) is 12.0. The number of rotatable bonds is 5. The Kier molecular flexibility index (Phi) is 4.40. The minimum absolute atomic E-state index is 0.339. The number of hydrogen-bond acceptors (Lipinski definition) is 4. The Morgan fingerprint density at radius 2 is 2.05 bits per heavy atom. The van der Waals surface area contributed by atoms with Gasteiger partial charge in [0.1, 0.15) is 11.4 Å². The highest BCUT2D eigenvalue weighted by atomic mass is 16.5. The second-order valence-corrected chi connectivity index (χ2v) is 4.49. The molecule has 106 valence electrons. The van der Waals surface area contributed by atoms with Crippen LogP contribution in [0.2, 0.25) is 0 Å². The Labute approximate surface area is 118 Å². The molecule has 0 spiro atoms. The van der Waals surface area contributed by atoms with Crippen molar-refractivity contribution in [1.82, 2.24) is 9.78 Å². The minimum atomic E-state index is -0.339. The molecule has 0 unspecified atom stereocenters. The van der Waals surface area contributed by atoms with Gasteiger partial charge in [-0.15, -0.1) is 0 Å². The molecule has 0 radical (unpaired) electrons. The topological polar surface area (TPSA) is 56.1 Å². The third kappa shape index (κ3) is 2.99. The first-order valence-corrected chi connectivity index (χ1v) is 6.62. The maximum Gasteiger partial charge on any atom is 0.343 e. The van der Waals surface area contributed by atoms with Crippen LogP contribution in [0.1, 0.15) is 28.5 Å². The number of carbonyl (C=O) groups is 1. The number of aromatic nitrogens is 2. The first-order chi connectivity index (χ1) is 9.63. The van der Waals surface area contributed by atoms with Crippen LogP contribution in [0, 0.1) is 6.92 Å². The maximum absolute atomic E-state index is 12.0. The Morgan fingerprint density at radius 1 is 1.35 bits per heavy atom. The zero-order valence-corrected chi connectivity index (χ0v) is 12.0. The monoisotopic (exact) mass is 273 g/mol. The van der Waals surface area contributed by atoms with Crippen molar-refractivity contribution in [3.8, 4) is 0 Å². The molecule has 0 aliphatic carbocycles. The predicted octanol–water partition coefficient (Wildman–Crippen LogP) is 2.52. The van der Waals surface area contributed by atoms with Gasteiger partial charge in [0.05, 0.1) is 12.3 Å². The molecule has 1 aromatic heterocycles. The lowest BCUT2D eigenvalue weighted by atomic mass is 10.2. The van der Waals surface area contributed by atoms with Crippen molar-refractivity contribution in [2.75, 3.05) is 11.9 Å². The quantitative estimate of drug-likeness (QED) is 0.850. The fourth-order valence-electron chi connectivity index (χ4n) is 2.09. The highest BCUT2D eigenvalue weighted by molar-refractivity contribution is 5.96. The molecule has 5 heteroatoms. The van der Waals surface area contributed by atoms with Crippen LogP contribution in [0.4, 0.5) is 5.82 Å². The number of hydrogen-bond donors (Lipinski definition) is 1. The number of nitrogens with zero attached hydrogens (tertiary/aromatic N) is 2. The molecule has 0 saturated heterocycles. The molecule has 0 atom stereocenters. The molecule has 5 nitrogen and oxygen atoms in total. The zero-order chi connectivity index (χ0) is 14.5. The molecular weight excluding hydrogens is 254 g/mol. The van der Waals surface area contributed by atoms with Gasteiger partial charge < -0.3 is 10.1 Å². The zero-order valence-electron chi connectivity index (χ0n) is 12.0. The van der Waals surface area contributed by atoms with E-state index in [4.69, 9.17) is 4.74 Å². The van der Waals surface area contributed by atoms with E-state index >= 15 is 0 Å². The minimum Gasteiger partial charge on any atom is -0.462 e. The number of ether oxygens (including phenoxy) is 1. The summed E-state index contributed by atoms with van der Waals surface area (Å²) in [6.45, 7) is 4.58. The number of benzene rings is 1. The van der Waals surface area contributed by atoms with Crippen molar-refractivity contribution < 1.29 is 9.53 Å². The Hall–Kier alpha value is -2.30. The van der Waals surface area contributed by atoms with E-state index in [2.05, 4.69) is 10.4 Å². The molecule has 2 rings (SSSR count). The van der Waals surface area contributed by atoms with E-state index in [1.54, 1.807) is 18.5 Å². The largest absolute Gasteiger partial charge is 0.462 e. The first kappa shape index (κ1) is 14.1. The molecule has 1 aromatic carbocycles. The van der Waals surface area contributed by atoms with Crippen molar-refractivity contribution in [2.45, 2.75) is 20.4 Å². The third-order valence-electron chi connectivity index (χ3n) is 3.00. The highest BCUT2D eigenvalue weighted by Gasteiger charge is 2.21. The van der Waals surface area contributed by atoms with Crippen molar-refractivity contribution >= 4 is 11.8 Å². The summed E-state index contributed by atoms with van der Waals surface area (Å²) >= 11 is 0. The number of nitrogens with one attached hydrogen (secondary N) is 1. The summed E-state index contributed by atoms with van der Waals surface area (Å²) in [5.74, 6) is 0.346. The summed E-state index contributed by atoms with van der Waals surface area (Å²) in [5.41, 5.74) is 2.31. The maximum atomic E-state index is 12.0. The van der Waals surface area contributed by atoms with Gasteiger partial charge >= 0.3 is 5.97 Å². The highest BCUT2D eigenvalue weighted by Crippen LogP contribution is 2.20. The molecule has 0 fully saturated rings. The van der Waals surface area contributed by atoms with Gasteiger partial charge in [-0.25, -0.2) is 4.79 Å². The Morgan fingerprint density at radius 3 is 2.70 bits per heavy atom. The van der Waals surface area contributed by atoms with Gasteiger partial charge in [0.15, 0.2) is 0 Å². The van der Waals surface area contributed by atoms with Gasteiger partial charge in [0.2, 0.25) is 0 Å². The lowest BCUT2D eigenvalue weighted by molar-refractivity contribution is 0.0526. The summed E-state index contributed by atoms with van der Waals surface area (Å²) in [5, 5.41) is 7.54. The van der Waals surface area contributed by atoms with E-state index in [-0.39, 0.29) is 5.97 Å². The summed E-state index contributed by atoms with van der Waals surface area (Å²) in [6.07, 6.45) is 0. The second kappa shape index (κ2) is 6.23. The summed E-state index contributed by atoms with van der Waals surface area (Å²) in [7, 11) is 1.81. The van der Waals surface area contributed by atoms with Gasteiger partial charge in [-0.1, -0.05) is 30.3 Å². The van der Waals surface area contributed by atoms with E-state index in [9.17, 15) is 4.79 Å². The van der Waals surface area contributed by atoms with Crippen LogP contribution in [-0.4, -0.2) is 22.4 Å². The fraction of sp³-hybridized carbons (Fsp3) is 0.333. The standard InChI is InChI=1S/C15H19N3O2/c1-4-20-15(19)13-11(2)17-18(3)14(13)16-10-12-8-6-5-7-9-12/h5-9,16H,4,10H2,1-3H3. The molecule has 0 bridgehead atoms. The molecule has 0 saturated carbocycles. The average Bonchev–Trinajstić information content (AvgIpc) is 2.72. The smallest absolute Gasteiger partial charge is 0.343 e. The van der Waals surface area contributed by atoms with E-state index in [1.165, 1.54) is 0 Å². The second-order valence-electron chi connectivity index (χ2n) is 4.49. The number of anilines is 1. The number of esters is 1. The Balaban J connectivity index is 2.20. The third-order valence-corrected chi connectivity index (χ3v) is 3.00. The van der Waals surface area contributed by atoms with Gasteiger partial charge in [-0.2, -0.15) is 5.10 Å². The van der Waals surface area contributed by atoms with Gasteiger partial charge in [0, 0.05) is 13.6 Å². The van der Waals surface area contributed by atoms with Crippen LogP contribution >= 0.6 is 0 Å². The van der Waals surface area contributed by atoms with E-state index in [0.717, 1.165) is 5.56 Å². The normalized spacial score (nSPS) is 10.3. The Bertz CT molecular complexity index is 591. The van der Waals surface area contributed by atoms with Crippen LogP contribution in [0.15, 0.2) is 30.3 Å². The van der Waals surface area contributed by atoms with Crippen molar-refractivity contribution in [1.29, 1.82) is 0 Å². The van der Waals surface area contributed by atoms with Crippen LogP contribution in [0.3, 0.4) is 0 Å². The van der Waals surface area contributed by atoms with E-state index < -0.39 is 0 Å². The average molecular weight is 273 g/mol. The molecule has 20 heavy (non-hydrogen) atoms. The van der Waals surface area contributed by atoms with Crippen LogP contribution in [-0.2, 0) is 18.3 Å². The predicted molar refractivity (Wildman–Crippen MR) is 77.7 cm³/mol. The lowest BCUT2D eigenvalue weighted by Crippen LogP contribution is -2.11. The summed E-state index contributed by atoms with van der Waals surface area (Å²) in [6, 6.07) is 10.00. The van der Waals surface area contributed by atoms with Crippen LogP contribution < -0.4 is 5.32 Å². The molecule has 1 heterocycles. The number of aryl methyl sites for hydroxylation is 2. The lowest BCUT2D eigenvalue weighted by Gasteiger charge is -2.09. The molecule has 0 aliphatic rings. The van der Waals surface area contributed by atoms with E-state index in [1.807, 2.05) is 37.4 Å². The van der Waals surface area contributed by atoms with Gasteiger partial charge in [-0.3, -0.25) is 4.68 Å².